The molecule has 240 valence electrons. The second-order valence-electron chi connectivity index (χ2n) is 12.9. The van der Waals surface area contributed by atoms with E-state index in [-0.39, 0.29) is 11.9 Å². The molecule has 0 saturated carbocycles. The summed E-state index contributed by atoms with van der Waals surface area (Å²) in [6.45, 7) is 9.26. The topological polar surface area (TPSA) is 123 Å². The number of amides is 3. The van der Waals surface area contributed by atoms with Crippen molar-refractivity contribution < 1.29 is 14.3 Å². The molecule has 3 amide bonds. The van der Waals surface area contributed by atoms with E-state index >= 15 is 0 Å². The van der Waals surface area contributed by atoms with Crippen LogP contribution in [0.25, 0.3) is 16.5 Å². The molecule has 3 heterocycles. The van der Waals surface area contributed by atoms with Crippen molar-refractivity contribution in [1.82, 2.24) is 25.1 Å². The van der Waals surface area contributed by atoms with Crippen molar-refractivity contribution in [2.45, 2.75) is 39.5 Å². The Labute approximate surface area is 279 Å². The van der Waals surface area contributed by atoms with E-state index in [1.165, 1.54) is 0 Å². The van der Waals surface area contributed by atoms with Gasteiger partial charge in [-0.15, -0.1) is 0 Å². The highest BCUT2D eigenvalue weighted by molar-refractivity contribution is 6.88. The Morgan fingerprint density at radius 2 is 1.73 bits per heavy atom. The lowest BCUT2D eigenvalue weighted by Crippen LogP contribution is -2.39. The second kappa shape index (κ2) is 12.4. The molecule has 0 spiro atoms. The standard InChI is InChI=1S/C37H35N7O3Si/c1-23-9-12-26(13-10-23)44-33(21-35(43-44)48(2,3)4)42-37(46)40-30-15-16-31(29-8-6-5-7-28(29)30)47-34-17-18-38-32(41-34)20-24-11-14-27-25(19-24)22-39-36(27)45/h5-19,21H,20,22H2,1-4H3,(H,39,45)(H2,40,42,46). The first-order valence-electron chi connectivity index (χ1n) is 15.8. The lowest BCUT2D eigenvalue weighted by atomic mass is 10.0. The molecule has 0 bridgehead atoms. The molecule has 2 aromatic heterocycles. The third-order valence-corrected chi connectivity index (χ3v) is 10.0. The predicted octanol–water partition coefficient (Wildman–Crippen LogP) is 6.94. The number of hydrogen-bond donors (Lipinski definition) is 3. The number of carbonyl (C=O) groups is 2. The summed E-state index contributed by atoms with van der Waals surface area (Å²) in [5.41, 5.74) is 5.36. The van der Waals surface area contributed by atoms with Crippen LogP contribution in [0.4, 0.5) is 16.3 Å². The molecule has 1 aliphatic rings. The molecule has 11 heteroatoms. The Morgan fingerprint density at radius 1 is 0.938 bits per heavy atom. The maximum absolute atomic E-state index is 13.4. The number of hydrogen-bond acceptors (Lipinski definition) is 6. The molecule has 7 rings (SSSR count). The fourth-order valence-electron chi connectivity index (χ4n) is 5.67. The summed E-state index contributed by atoms with van der Waals surface area (Å²) in [6, 6.07) is 28.5. The maximum atomic E-state index is 13.4. The number of carbonyl (C=O) groups excluding carboxylic acids is 2. The first kappa shape index (κ1) is 30.8. The number of nitrogens with one attached hydrogen (secondary N) is 3. The predicted molar refractivity (Wildman–Crippen MR) is 190 cm³/mol. The zero-order valence-electron chi connectivity index (χ0n) is 27.2. The molecule has 0 atom stereocenters. The fraction of sp³-hybridized carbons (Fsp3) is 0.162. The number of ether oxygens (including phenoxy) is 1. The minimum atomic E-state index is -1.76. The molecule has 0 aliphatic carbocycles. The second-order valence-corrected chi connectivity index (χ2v) is 17.9. The molecule has 10 nitrogen and oxygen atoms in total. The van der Waals surface area contributed by atoms with E-state index in [9.17, 15) is 9.59 Å². The monoisotopic (exact) mass is 653 g/mol. The van der Waals surface area contributed by atoms with Crippen LogP contribution in [-0.4, -0.2) is 39.8 Å². The Kier molecular flexibility index (Phi) is 7.97. The number of rotatable bonds is 8. The van der Waals surface area contributed by atoms with E-state index in [1.807, 2.05) is 91.9 Å². The number of nitrogens with zero attached hydrogens (tertiary/aromatic N) is 4. The quantitative estimate of drug-likeness (QED) is 0.153. The van der Waals surface area contributed by atoms with Gasteiger partial charge in [0.15, 0.2) is 0 Å². The normalized spacial score (nSPS) is 12.5. The lowest BCUT2D eigenvalue weighted by molar-refractivity contribution is 0.0965. The lowest BCUT2D eigenvalue weighted by Gasteiger charge is -2.14. The van der Waals surface area contributed by atoms with Crippen molar-refractivity contribution >= 4 is 47.6 Å². The third-order valence-electron chi connectivity index (χ3n) is 8.24. The van der Waals surface area contributed by atoms with Crippen LogP contribution in [0, 0.1) is 6.92 Å². The highest BCUT2D eigenvalue weighted by Gasteiger charge is 2.24. The fourth-order valence-corrected chi connectivity index (χ4v) is 6.64. The number of aromatic nitrogens is 4. The van der Waals surface area contributed by atoms with E-state index < -0.39 is 8.07 Å². The Balaban J connectivity index is 1.10. The van der Waals surface area contributed by atoms with Crippen molar-refractivity contribution in [2.24, 2.45) is 0 Å². The van der Waals surface area contributed by atoms with E-state index in [4.69, 9.17) is 9.84 Å². The molecular formula is C37H35N7O3Si. The Bertz CT molecular complexity index is 2190. The Hall–Kier alpha value is -5.81. The van der Waals surface area contributed by atoms with Crippen LogP contribution in [0.1, 0.15) is 32.9 Å². The minimum Gasteiger partial charge on any atom is -0.438 e. The van der Waals surface area contributed by atoms with E-state index in [2.05, 4.69) is 45.6 Å². The van der Waals surface area contributed by atoms with Gasteiger partial charge in [0.2, 0.25) is 5.88 Å². The largest absolute Gasteiger partial charge is 0.438 e. The number of fused-ring (bicyclic) bond motifs is 2. The molecule has 0 unspecified atom stereocenters. The van der Waals surface area contributed by atoms with Gasteiger partial charge >= 0.3 is 6.03 Å². The van der Waals surface area contributed by atoms with Crippen molar-refractivity contribution in [3.8, 4) is 17.3 Å². The van der Waals surface area contributed by atoms with E-state index in [0.29, 0.717) is 47.5 Å². The molecule has 1 aliphatic heterocycles. The number of urea groups is 1. The van der Waals surface area contributed by atoms with Crippen molar-refractivity contribution in [1.29, 1.82) is 0 Å². The molecule has 48 heavy (non-hydrogen) atoms. The molecular weight excluding hydrogens is 619 g/mol. The zero-order valence-corrected chi connectivity index (χ0v) is 28.2. The summed E-state index contributed by atoms with van der Waals surface area (Å²) in [4.78, 5) is 34.5. The highest BCUT2D eigenvalue weighted by Crippen LogP contribution is 2.34. The molecule has 3 N–H and O–H groups in total. The average Bonchev–Trinajstić information content (AvgIpc) is 3.66. The van der Waals surface area contributed by atoms with Gasteiger partial charge in [0.05, 0.1) is 11.4 Å². The Morgan fingerprint density at radius 3 is 2.52 bits per heavy atom. The maximum Gasteiger partial charge on any atom is 0.324 e. The first-order valence-corrected chi connectivity index (χ1v) is 19.3. The summed E-state index contributed by atoms with van der Waals surface area (Å²) >= 11 is 0. The summed E-state index contributed by atoms with van der Waals surface area (Å²) in [6.07, 6.45) is 2.17. The van der Waals surface area contributed by atoms with Crippen LogP contribution < -0.4 is 26.0 Å². The molecule has 4 aromatic carbocycles. The van der Waals surface area contributed by atoms with Gasteiger partial charge in [-0.05, 0) is 54.4 Å². The number of anilines is 2. The average molecular weight is 654 g/mol. The first-order chi connectivity index (χ1) is 23.1. The van der Waals surface area contributed by atoms with Gasteiger partial charge in [-0.25, -0.2) is 14.5 Å². The SMILES string of the molecule is Cc1ccc(-n2nc([Si](C)(C)C)cc2NC(=O)Nc2ccc(Oc3ccnc(Cc4ccc5c(c4)CNC5=O)n3)c3ccccc23)cc1. The van der Waals surface area contributed by atoms with Crippen molar-refractivity contribution in [2.75, 3.05) is 10.6 Å². The molecule has 0 radical (unpaired) electrons. The minimum absolute atomic E-state index is 0.0427. The molecule has 6 aromatic rings. The van der Waals surface area contributed by atoms with Gasteiger partial charge in [-0.1, -0.05) is 73.7 Å². The van der Waals surface area contributed by atoms with Gasteiger partial charge < -0.3 is 15.4 Å². The van der Waals surface area contributed by atoms with Gasteiger partial charge in [0, 0.05) is 46.9 Å². The summed E-state index contributed by atoms with van der Waals surface area (Å²) in [7, 11) is -1.76. The molecule has 0 saturated heterocycles. The van der Waals surface area contributed by atoms with Gasteiger partial charge in [0.25, 0.3) is 5.91 Å². The van der Waals surface area contributed by atoms with Gasteiger partial charge in [-0.2, -0.15) is 10.1 Å². The van der Waals surface area contributed by atoms with Gasteiger partial charge in [-0.3, -0.25) is 10.1 Å². The highest BCUT2D eigenvalue weighted by atomic mass is 28.3. The van der Waals surface area contributed by atoms with Crippen molar-refractivity contribution in [3.63, 3.8) is 0 Å². The summed E-state index contributed by atoms with van der Waals surface area (Å²) in [5.74, 6) is 2.16. The van der Waals surface area contributed by atoms with Crippen LogP contribution >= 0.6 is 0 Å². The van der Waals surface area contributed by atoms with Gasteiger partial charge in [0.1, 0.15) is 25.5 Å². The van der Waals surface area contributed by atoms with Crippen LogP contribution in [0.3, 0.4) is 0 Å². The van der Waals surface area contributed by atoms with E-state index in [1.54, 1.807) is 16.9 Å². The molecule has 0 fully saturated rings. The van der Waals surface area contributed by atoms with Crippen LogP contribution in [-0.2, 0) is 13.0 Å². The van der Waals surface area contributed by atoms with Crippen LogP contribution in [0.2, 0.25) is 19.6 Å². The third kappa shape index (κ3) is 6.40. The summed E-state index contributed by atoms with van der Waals surface area (Å²) < 4.78 is 8.07. The van der Waals surface area contributed by atoms with E-state index in [0.717, 1.165) is 38.5 Å². The summed E-state index contributed by atoms with van der Waals surface area (Å²) in [5, 5.41) is 16.4. The number of benzene rings is 4. The number of aryl methyl sites for hydroxylation is 1. The zero-order chi connectivity index (χ0) is 33.4. The van der Waals surface area contributed by atoms with Crippen molar-refractivity contribution in [3.05, 3.63) is 125 Å². The smallest absolute Gasteiger partial charge is 0.324 e. The van der Waals surface area contributed by atoms with Crippen LogP contribution in [0.5, 0.6) is 11.6 Å². The van der Waals surface area contributed by atoms with Crippen LogP contribution in [0.15, 0.2) is 97.2 Å².